The number of hydrogen-bond acceptors (Lipinski definition) is 5. The number of nitrogens with zero attached hydrogens (tertiary/aromatic N) is 1. The molecule has 0 N–H and O–H groups in total. The zero-order chi connectivity index (χ0) is 14.3. The number of ether oxygens (including phenoxy) is 1. The van der Waals surface area contributed by atoms with Crippen LogP contribution in [0.15, 0.2) is 24.0 Å². The van der Waals surface area contributed by atoms with E-state index < -0.39 is 18.5 Å². The van der Waals surface area contributed by atoms with Crippen LogP contribution in [-0.4, -0.2) is 36.3 Å². The van der Waals surface area contributed by atoms with E-state index in [-0.39, 0.29) is 5.97 Å². The van der Waals surface area contributed by atoms with Gasteiger partial charge < -0.3 is 18.9 Å². The predicted molar refractivity (Wildman–Crippen MR) is 71.8 cm³/mol. The van der Waals surface area contributed by atoms with Crippen molar-refractivity contribution >= 4 is 13.2 Å². The lowest BCUT2D eigenvalue weighted by Gasteiger charge is -2.32. The Labute approximate surface area is 114 Å². The van der Waals surface area contributed by atoms with Crippen molar-refractivity contribution in [1.29, 1.82) is 0 Å². The first-order chi connectivity index (χ1) is 8.77. The molecule has 0 aromatic heterocycles. The molecular formula is C13H20BNO4. The molecule has 0 radical (unpaired) electrons. The molecule has 0 amide bonds. The van der Waals surface area contributed by atoms with E-state index >= 15 is 0 Å². The van der Waals surface area contributed by atoms with E-state index in [1.54, 1.807) is 11.0 Å². The Morgan fingerprint density at radius 2 is 1.89 bits per heavy atom. The van der Waals surface area contributed by atoms with Crippen molar-refractivity contribution in [2.24, 2.45) is 0 Å². The van der Waals surface area contributed by atoms with E-state index in [1.165, 1.54) is 7.11 Å². The van der Waals surface area contributed by atoms with Crippen molar-refractivity contribution in [1.82, 2.24) is 4.81 Å². The number of methoxy groups -OCH3 is 1. The molecule has 0 bridgehead atoms. The van der Waals surface area contributed by atoms with Gasteiger partial charge in [-0.3, -0.25) is 0 Å². The third kappa shape index (κ3) is 2.55. The minimum atomic E-state index is -0.527. The highest BCUT2D eigenvalue weighted by Crippen LogP contribution is 2.38. The molecule has 2 aliphatic rings. The average Bonchev–Trinajstić information content (AvgIpc) is 2.58. The maximum atomic E-state index is 11.5. The van der Waals surface area contributed by atoms with Crippen LogP contribution in [0.2, 0.25) is 0 Å². The molecule has 0 saturated carbocycles. The molecule has 1 saturated heterocycles. The number of rotatable bonds is 2. The van der Waals surface area contributed by atoms with Gasteiger partial charge in [0, 0.05) is 12.6 Å². The van der Waals surface area contributed by atoms with E-state index in [0.29, 0.717) is 12.0 Å². The molecule has 0 unspecified atom stereocenters. The molecule has 0 aromatic carbocycles. The summed E-state index contributed by atoms with van der Waals surface area (Å²) in [6.45, 7) is 7.97. The number of carbonyl (C=O) groups excluding carboxylic acids is 1. The molecule has 1 fully saturated rings. The van der Waals surface area contributed by atoms with Crippen LogP contribution < -0.4 is 0 Å². The van der Waals surface area contributed by atoms with Crippen LogP contribution in [0.1, 0.15) is 34.1 Å². The standard InChI is InChI=1S/C13H20BNO4/c1-12(2)13(3,4)19-14(18-12)15-8-6-7-10(9-15)11(16)17-5/h6,8-9H,7H2,1-5H3. The molecule has 2 rings (SSSR count). The van der Waals surface area contributed by atoms with Crippen molar-refractivity contribution in [3.63, 3.8) is 0 Å². The van der Waals surface area contributed by atoms with Crippen molar-refractivity contribution in [2.45, 2.75) is 45.3 Å². The topological polar surface area (TPSA) is 48.0 Å². The summed E-state index contributed by atoms with van der Waals surface area (Å²) in [6, 6.07) is 0. The molecule has 5 nitrogen and oxygen atoms in total. The number of hydrogen-bond donors (Lipinski definition) is 0. The first-order valence-electron chi connectivity index (χ1n) is 6.35. The summed E-state index contributed by atoms with van der Waals surface area (Å²) >= 11 is 0. The highest BCUT2D eigenvalue weighted by Gasteiger charge is 2.53. The maximum absolute atomic E-state index is 11.5. The molecule has 19 heavy (non-hydrogen) atoms. The van der Waals surface area contributed by atoms with Crippen LogP contribution in [-0.2, 0) is 18.8 Å². The summed E-state index contributed by atoms with van der Waals surface area (Å²) in [4.78, 5) is 13.3. The monoisotopic (exact) mass is 265 g/mol. The van der Waals surface area contributed by atoms with Gasteiger partial charge in [-0.1, -0.05) is 6.08 Å². The van der Waals surface area contributed by atoms with Gasteiger partial charge in [0.2, 0.25) is 0 Å². The van der Waals surface area contributed by atoms with Gasteiger partial charge in [-0.05, 0) is 33.9 Å². The zero-order valence-corrected chi connectivity index (χ0v) is 12.1. The van der Waals surface area contributed by atoms with Crippen LogP contribution >= 0.6 is 0 Å². The molecule has 0 spiro atoms. The van der Waals surface area contributed by atoms with Crippen molar-refractivity contribution in [3.8, 4) is 0 Å². The molecule has 0 aliphatic carbocycles. The third-order valence-electron chi connectivity index (χ3n) is 3.85. The summed E-state index contributed by atoms with van der Waals surface area (Å²) in [6.07, 6.45) is 6.02. The quantitative estimate of drug-likeness (QED) is 0.563. The second-order valence-electron chi connectivity index (χ2n) is 5.75. The summed E-state index contributed by atoms with van der Waals surface area (Å²) in [7, 11) is 0.849. The van der Waals surface area contributed by atoms with Gasteiger partial charge in [-0.2, -0.15) is 0 Å². The first kappa shape index (κ1) is 14.2. The molecule has 0 aromatic rings. The number of esters is 1. The van der Waals surface area contributed by atoms with E-state index in [1.807, 2.05) is 40.0 Å². The van der Waals surface area contributed by atoms with Crippen LogP contribution in [0, 0.1) is 0 Å². The third-order valence-corrected chi connectivity index (χ3v) is 3.85. The lowest BCUT2D eigenvalue weighted by Crippen LogP contribution is -2.41. The Hall–Kier alpha value is -1.27. The Kier molecular flexibility index (Phi) is 3.49. The molecule has 2 heterocycles. The van der Waals surface area contributed by atoms with Crippen LogP contribution in [0.3, 0.4) is 0 Å². The van der Waals surface area contributed by atoms with Crippen LogP contribution in [0.5, 0.6) is 0 Å². The highest BCUT2D eigenvalue weighted by atomic mass is 16.7. The van der Waals surface area contributed by atoms with Gasteiger partial charge in [0.1, 0.15) is 0 Å². The lowest BCUT2D eigenvalue weighted by atomic mass is 9.90. The second kappa shape index (κ2) is 4.69. The average molecular weight is 265 g/mol. The predicted octanol–water partition coefficient (Wildman–Crippen LogP) is 1.85. The van der Waals surface area contributed by atoms with Gasteiger partial charge in [-0.15, -0.1) is 0 Å². The lowest BCUT2D eigenvalue weighted by molar-refractivity contribution is -0.136. The first-order valence-corrected chi connectivity index (χ1v) is 6.35. The van der Waals surface area contributed by atoms with E-state index in [4.69, 9.17) is 14.0 Å². The van der Waals surface area contributed by atoms with Gasteiger partial charge in [0.25, 0.3) is 0 Å². The van der Waals surface area contributed by atoms with Crippen molar-refractivity contribution in [3.05, 3.63) is 24.0 Å². The van der Waals surface area contributed by atoms with Gasteiger partial charge in [0.15, 0.2) is 0 Å². The molecule has 2 aliphatic heterocycles. The van der Waals surface area contributed by atoms with E-state index in [0.717, 1.165) is 0 Å². The Balaban J connectivity index is 2.16. The molecular weight excluding hydrogens is 245 g/mol. The highest BCUT2D eigenvalue weighted by molar-refractivity contribution is 6.43. The summed E-state index contributed by atoms with van der Waals surface area (Å²) in [5, 5.41) is 0. The minimum Gasteiger partial charge on any atom is -0.466 e. The summed E-state index contributed by atoms with van der Waals surface area (Å²) < 4.78 is 16.6. The summed E-state index contributed by atoms with van der Waals surface area (Å²) in [5.41, 5.74) is -0.218. The maximum Gasteiger partial charge on any atom is 0.598 e. The SMILES string of the molecule is COC(=O)C1=CN(B2OC(C)(C)C(C)(C)O2)C=CC1. The minimum absolute atomic E-state index is 0.328. The number of allylic oxidation sites excluding steroid dienone is 1. The fourth-order valence-electron chi connectivity index (χ4n) is 1.91. The molecule has 104 valence electrons. The van der Waals surface area contributed by atoms with Crippen molar-refractivity contribution in [2.75, 3.05) is 7.11 Å². The van der Waals surface area contributed by atoms with E-state index in [2.05, 4.69) is 0 Å². The molecule has 6 heteroatoms. The summed E-state index contributed by atoms with van der Waals surface area (Å²) in [5.74, 6) is -0.328. The van der Waals surface area contributed by atoms with Gasteiger partial charge >= 0.3 is 13.2 Å². The fourth-order valence-corrected chi connectivity index (χ4v) is 1.91. The largest absolute Gasteiger partial charge is 0.598 e. The van der Waals surface area contributed by atoms with Crippen LogP contribution in [0.25, 0.3) is 0 Å². The Bertz CT molecular complexity index is 426. The normalized spacial score (nSPS) is 24.4. The Morgan fingerprint density at radius 3 is 2.42 bits per heavy atom. The van der Waals surface area contributed by atoms with Gasteiger partial charge in [-0.25, -0.2) is 4.79 Å². The second-order valence-corrected chi connectivity index (χ2v) is 5.75. The zero-order valence-electron chi connectivity index (χ0n) is 12.1. The molecule has 0 atom stereocenters. The van der Waals surface area contributed by atoms with Crippen LogP contribution in [0.4, 0.5) is 0 Å². The van der Waals surface area contributed by atoms with Gasteiger partial charge in [0.05, 0.1) is 23.9 Å². The fraction of sp³-hybridized carbons (Fsp3) is 0.615. The van der Waals surface area contributed by atoms with Crippen molar-refractivity contribution < 1.29 is 18.8 Å². The smallest absolute Gasteiger partial charge is 0.466 e. The van der Waals surface area contributed by atoms with E-state index in [9.17, 15) is 4.79 Å². The Morgan fingerprint density at radius 1 is 1.32 bits per heavy atom. The number of carbonyl (C=O) groups is 1.